The van der Waals surface area contributed by atoms with Crippen molar-refractivity contribution >= 4 is 0 Å². The molecule has 0 saturated heterocycles. The van der Waals surface area contributed by atoms with Gasteiger partial charge < -0.3 is 9.47 Å². The SMILES string of the molecule is CCc1c(OC)ncnc1OCc1ncccc1F. The lowest BCUT2D eigenvalue weighted by atomic mass is 10.2. The Balaban J connectivity index is 2.18. The molecule has 100 valence electrons. The van der Waals surface area contributed by atoms with Gasteiger partial charge in [-0.25, -0.2) is 14.4 Å². The molecule has 2 aromatic heterocycles. The van der Waals surface area contributed by atoms with Crippen molar-refractivity contribution in [2.75, 3.05) is 7.11 Å². The predicted octanol–water partition coefficient (Wildman–Crippen LogP) is 2.16. The molecule has 0 aromatic carbocycles. The van der Waals surface area contributed by atoms with Gasteiger partial charge in [-0.15, -0.1) is 0 Å². The van der Waals surface area contributed by atoms with Crippen molar-refractivity contribution in [3.05, 3.63) is 41.7 Å². The van der Waals surface area contributed by atoms with Gasteiger partial charge in [-0.1, -0.05) is 6.92 Å². The van der Waals surface area contributed by atoms with E-state index in [4.69, 9.17) is 9.47 Å². The van der Waals surface area contributed by atoms with Crippen LogP contribution in [0.25, 0.3) is 0 Å². The van der Waals surface area contributed by atoms with E-state index in [9.17, 15) is 4.39 Å². The molecule has 0 aliphatic heterocycles. The summed E-state index contributed by atoms with van der Waals surface area (Å²) >= 11 is 0. The third-order valence-corrected chi connectivity index (χ3v) is 2.59. The molecule has 0 amide bonds. The minimum atomic E-state index is -0.401. The van der Waals surface area contributed by atoms with Crippen molar-refractivity contribution in [1.29, 1.82) is 0 Å². The van der Waals surface area contributed by atoms with E-state index in [1.54, 1.807) is 0 Å². The smallest absolute Gasteiger partial charge is 0.223 e. The third-order valence-electron chi connectivity index (χ3n) is 2.59. The van der Waals surface area contributed by atoms with Crippen LogP contribution >= 0.6 is 0 Å². The van der Waals surface area contributed by atoms with E-state index in [0.29, 0.717) is 18.2 Å². The molecule has 2 aromatic rings. The number of hydrogen-bond acceptors (Lipinski definition) is 5. The largest absolute Gasteiger partial charge is 0.481 e. The van der Waals surface area contributed by atoms with E-state index in [2.05, 4.69) is 15.0 Å². The molecule has 0 bridgehead atoms. The van der Waals surface area contributed by atoms with Crippen LogP contribution in [0, 0.1) is 5.82 Å². The first-order valence-electron chi connectivity index (χ1n) is 5.86. The Morgan fingerprint density at radius 1 is 1.21 bits per heavy atom. The first-order valence-corrected chi connectivity index (χ1v) is 5.86. The third kappa shape index (κ3) is 2.96. The van der Waals surface area contributed by atoms with Crippen molar-refractivity contribution in [1.82, 2.24) is 15.0 Å². The highest BCUT2D eigenvalue weighted by molar-refractivity contribution is 5.34. The van der Waals surface area contributed by atoms with Gasteiger partial charge >= 0.3 is 0 Å². The zero-order valence-electron chi connectivity index (χ0n) is 10.8. The molecular weight excluding hydrogens is 249 g/mol. The van der Waals surface area contributed by atoms with Gasteiger partial charge in [0.1, 0.15) is 24.4 Å². The van der Waals surface area contributed by atoms with Crippen LogP contribution in [0.2, 0.25) is 0 Å². The molecule has 0 aliphatic rings. The van der Waals surface area contributed by atoms with E-state index in [1.807, 2.05) is 6.92 Å². The topological polar surface area (TPSA) is 57.1 Å². The van der Waals surface area contributed by atoms with Crippen molar-refractivity contribution in [3.63, 3.8) is 0 Å². The molecule has 0 atom stereocenters. The fraction of sp³-hybridized carbons (Fsp3) is 0.308. The van der Waals surface area contributed by atoms with Crippen LogP contribution < -0.4 is 9.47 Å². The number of hydrogen-bond donors (Lipinski definition) is 0. The van der Waals surface area contributed by atoms with E-state index < -0.39 is 5.82 Å². The van der Waals surface area contributed by atoms with Crippen LogP contribution in [0.15, 0.2) is 24.7 Å². The van der Waals surface area contributed by atoms with Gasteiger partial charge in [-0.05, 0) is 18.6 Å². The van der Waals surface area contributed by atoms with Gasteiger partial charge in [-0.3, -0.25) is 4.98 Å². The Hall–Kier alpha value is -2.24. The fourth-order valence-corrected chi connectivity index (χ4v) is 1.65. The zero-order chi connectivity index (χ0) is 13.7. The maximum absolute atomic E-state index is 13.4. The molecule has 0 unspecified atom stereocenters. The quantitative estimate of drug-likeness (QED) is 0.827. The van der Waals surface area contributed by atoms with Gasteiger partial charge in [0.25, 0.3) is 0 Å². The number of halogens is 1. The van der Waals surface area contributed by atoms with Gasteiger partial charge in [0, 0.05) is 6.20 Å². The highest BCUT2D eigenvalue weighted by atomic mass is 19.1. The van der Waals surface area contributed by atoms with Gasteiger partial charge in [0.2, 0.25) is 11.8 Å². The van der Waals surface area contributed by atoms with Crippen molar-refractivity contribution in [2.45, 2.75) is 20.0 Å². The number of rotatable bonds is 5. The van der Waals surface area contributed by atoms with Gasteiger partial charge in [0.15, 0.2) is 0 Å². The van der Waals surface area contributed by atoms with Crippen LogP contribution in [0.3, 0.4) is 0 Å². The summed E-state index contributed by atoms with van der Waals surface area (Å²) in [6.45, 7) is 1.95. The Bertz CT molecular complexity index is 563. The fourth-order valence-electron chi connectivity index (χ4n) is 1.65. The number of pyridine rings is 1. The average molecular weight is 263 g/mol. The van der Waals surface area contributed by atoms with Crippen LogP contribution in [-0.4, -0.2) is 22.1 Å². The molecule has 0 aliphatic carbocycles. The summed E-state index contributed by atoms with van der Waals surface area (Å²) in [7, 11) is 1.53. The summed E-state index contributed by atoms with van der Waals surface area (Å²) in [6, 6.07) is 2.87. The molecule has 0 N–H and O–H groups in total. The second-order valence-corrected chi connectivity index (χ2v) is 3.74. The molecular formula is C13H14FN3O2. The van der Waals surface area contributed by atoms with Gasteiger partial charge in [-0.2, -0.15) is 0 Å². The lowest BCUT2D eigenvalue weighted by Gasteiger charge is -2.11. The number of aromatic nitrogens is 3. The van der Waals surface area contributed by atoms with E-state index in [1.165, 1.54) is 31.8 Å². The van der Waals surface area contributed by atoms with Gasteiger partial charge in [0.05, 0.1) is 12.7 Å². The zero-order valence-corrected chi connectivity index (χ0v) is 10.8. The minimum absolute atomic E-state index is 0.0137. The molecule has 2 heterocycles. The molecule has 6 heteroatoms. The van der Waals surface area contributed by atoms with Crippen LogP contribution in [-0.2, 0) is 13.0 Å². The van der Waals surface area contributed by atoms with E-state index in [-0.39, 0.29) is 12.3 Å². The number of methoxy groups -OCH3 is 1. The lowest BCUT2D eigenvalue weighted by molar-refractivity contribution is 0.274. The average Bonchev–Trinajstić information content (AvgIpc) is 2.45. The second-order valence-electron chi connectivity index (χ2n) is 3.74. The van der Waals surface area contributed by atoms with Crippen LogP contribution in [0.4, 0.5) is 4.39 Å². The van der Waals surface area contributed by atoms with Crippen LogP contribution in [0.1, 0.15) is 18.2 Å². The Morgan fingerprint density at radius 3 is 2.68 bits per heavy atom. The molecule has 5 nitrogen and oxygen atoms in total. The molecule has 2 rings (SSSR count). The normalized spacial score (nSPS) is 10.3. The predicted molar refractivity (Wildman–Crippen MR) is 66.5 cm³/mol. The van der Waals surface area contributed by atoms with Crippen molar-refractivity contribution in [2.24, 2.45) is 0 Å². The summed E-state index contributed by atoms with van der Waals surface area (Å²) in [5, 5.41) is 0. The molecule has 19 heavy (non-hydrogen) atoms. The molecule has 0 spiro atoms. The number of ether oxygens (including phenoxy) is 2. The summed E-state index contributed by atoms with van der Waals surface area (Å²) in [5.41, 5.74) is 0.989. The first-order chi connectivity index (χ1) is 9.26. The van der Waals surface area contributed by atoms with Crippen molar-refractivity contribution in [3.8, 4) is 11.8 Å². The highest BCUT2D eigenvalue weighted by Gasteiger charge is 2.12. The maximum atomic E-state index is 13.4. The van der Waals surface area contributed by atoms with Crippen molar-refractivity contribution < 1.29 is 13.9 Å². The Morgan fingerprint density at radius 2 is 2.00 bits per heavy atom. The summed E-state index contributed by atoms with van der Waals surface area (Å²) in [6.07, 6.45) is 3.52. The monoisotopic (exact) mass is 263 g/mol. The Kier molecular flexibility index (Phi) is 4.22. The Labute approximate surface area is 110 Å². The molecule has 0 radical (unpaired) electrons. The molecule has 0 saturated carbocycles. The lowest BCUT2D eigenvalue weighted by Crippen LogP contribution is -2.06. The molecule has 0 fully saturated rings. The van der Waals surface area contributed by atoms with Crippen LogP contribution in [0.5, 0.6) is 11.8 Å². The number of nitrogens with zero attached hydrogens (tertiary/aromatic N) is 3. The summed E-state index contributed by atoms with van der Waals surface area (Å²) in [5.74, 6) is 0.454. The summed E-state index contributed by atoms with van der Waals surface area (Å²) in [4.78, 5) is 12.0. The van der Waals surface area contributed by atoms with E-state index >= 15 is 0 Å². The second kappa shape index (κ2) is 6.08. The maximum Gasteiger partial charge on any atom is 0.223 e. The summed E-state index contributed by atoms with van der Waals surface area (Å²) < 4.78 is 24.1. The first kappa shape index (κ1) is 13.2. The minimum Gasteiger partial charge on any atom is -0.481 e. The highest BCUT2D eigenvalue weighted by Crippen LogP contribution is 2.24. The standard InChI is InChI=1S/C13H14FN3O2/c1-3-9-12(18-2)16-8-17-13(9)19-7-11-10(14)5-4-6-15-11/h4-6,8H,3,7H2,1-2H3. The van der Waals surface area contributed by atoms with E-state index in [0.717, 1.165) is 5.56 Å².